The van der Waals surface area contributed by atoms with E-state index in [-0.39, 0.29) is 24.0 Å². The number of guanidine groups is 1. The largest absolute Gasteiger partial charge is 0.357 e. The molecule has 1 saturated carbocycles. The van der Waals surface area contributed by atoms with Crippen molar-refractivity contribution in [3.05, 3.63) is 35.4 Å². The lowest BCUT2D eigenvalue weighted by Gasteiger charge is -2.33. The van der Waals surface area contributed by atoms with Gasteiger partial charge in [-0.15, -0.1) is 24.0 Å². The second-order valence-electron chi connectivity index (χ2n) is 6.69. The van der Waals surface area contributed by atoms with Crippen molar-refractivity contribution in [2.24, 2.45) is 4.99 Å². The minimum Gasteiger partial charge on any atom is -0.357 e. The lowest BCUT2D eigenvalue weighted by Crippen LogP contribution is -2.49. The van der Waals surface area contributed by atoms with Gasteiger partial charge in [-0.1, -0.05) is 12.1 Å². The quantitative estimate of drug-likeness (QED) is 0.409. The van der Waals surface area contributed by atoms with Crippen LogP contribution in [0.4, 0.5) is 0 Å². The highest BCUT2D eigenvalue weighted by atomic mass is 127. The summed E-state index contributed by atoms with van der Waals surface area (Å²) in [4.78, 5) is 7.34. The van der Waals surface area contributed by atoms with Gasteiger partial charge in [0.2, 0.25) is 0 Å². The third-order valence-corrected chi connectivity index (χ3v) is 4.78. The second-order valence-corrected chi connectivity index (χ2v) is 6.69. The molecule has 1 heterocycles. The zero-order valence-corrected chi connectivity index (χ0v) is 17.2. The van der Waals surface area contributed by atoms with Crippen molar-refractivity contribution in [2.45, 2.75) is 51.2 Å². The maximum absolute atomic E-state index is 8.85. The van der Waals surface area contributed by atoms with Crippen LogP contribution in [0, 0.1) is 11.3 Å². The zero-order chi connectivity index (χ0) is 16.8. The van der Waals surface area contributed by atoms with Gasteiger partial charge in [-0.2, -0.15) is 5.26 Å². The lowest BCUT2D eigenvalue weighted by atomic mass is 10.1. The van der Waals surface area contributed by atoms with Crippen molar-refractivity contribution in [3.8, 4) is 6.07 Å². The van der Waals surface area contributed by atoms with E-state index < -0.39 is 0 Å². The topological polar surface area (TPSA) is 63.5 Å². The Hall–Kier alpha value is -1.33. The fraction of sp³-hybridized carbons (Fsp3) is 0.579. The third kappa shape index (κ3) is 6.15. The minimum atomic E-state index is 0. The van der Waals surface area contributed by atoms with Crippen LogP contribution >= 0.6 is 24.0 Å². The highest BCUT2D eigenvalue weighted by Gasteiger charge is 2.31. The summed E-state index contributed by atoms with van der Waals surface area (Å²) >= 11 is 0. The van der Waals surface area contributed by atoms with Gasteiger partial charge in [-0.25, -0.2) is 4.99 Å². The number of hydrogen-bond donors (Lipinski definition) is 2. The first-order valence-electron chi connectivity index (χ1n) is 9.06. The van der Waals surface area contributed by atoms with Gasteiger partial charge in [0.1, 0.15) is 0 Å². The SMILES string of the molecule is CCNC(=NCc1ccc(C#N)cc1)NC1CCN(C2CC2)CC1.I. The molecular weight excluding hydrogens is 425 g/mol. The number of rotatable bonds is 5. The molecule has 2 fully saturated rings. The zero-order valence-electron chi connectivity index (χ0n) is 14.9. The number of hydrogen-bond acceptors (Lipinski definition) is 3. The van der Waals surface area contributed by atoms with Crippen LogP contribution in [-0.4, -0.2) is 42.6 Å². The van der Waals surface area contributed by atoms with Gasteiger partial charge in [-0.3, -0.25) is 0 Å². The molecule has 3 rings (SSSR count). The van der Waals surface area contributed by atoms with Gasteiger partial charge in [0, 0.05) is 31.7 Å². The molecule has 0 bridgehead atoms. The van der Waals surface area contributed by atoms with E-state index in [4.69, 9.17) is 10.3 Å². The van der Waals surface area contributed by atoms with Crippen LogP contribution in [0.25, 0.3) is 0 Å². The molecule has 0 atom stereocenters. The van der Waals surface area contributed by atoms with E-state index in [1.807, 2.05) is 24.3 Å². The molecule has 1 aromatic carbocycles. The Bertz CT molecular complexity index is 595. The lowest BCUT2D eigenvalue weighted by molar-refractivity contribution is 0.197. The average molecular weight is 453 g/mol. The van der Waals surface area contributed by atoms with Crippen molar-refractivity contribution in [1.82, 2.24) is 15.5 Å². The third-order valence-electron chi connectivity index (χ3n) is 4.78. The van der Waals surface area contributed by atoms with Crippen LogP contribution in [0.2, 0.25) is 0 Å². The summed E-state index contributed by atoms with van der Waals surface area (Å²) in [7, 11) is 0. The summed E-state index contributed by atoms with van der Waals surface area (Å²) in [5, 5.41) is 15.8. The summed E-state index contributed by atoms with van der Waals surface area (Å²) in [6.07, 6.45) is 5.18. The van der Waals surface area contributed by atoms with Gasteiger partial charge in [0.15, 0.2) is 5.96 Å². The fourth-order valence-corrected chi connectivity index (χ4v) is 3.22. The molecule has 0 amide bonds. The predicted octanol–water partition coefficient (Wildman–Crippen LogP) is 2.86. The van der Waals surface area contributed by atoms with Crippen molar-refractivity contribution in [1.29, 1.82) is 5.26 Å². The number of aliphatic imine (C=N–C) groups is 1. The molecular formula is C19H28IN5. The smallest absolute Gasteiger partial charge is 0.191 e. The summed E-state index contributed by atoms with van der Waals surface area (Å²) < 4.78 is 0. The normalized spacial score (nSPS) is 19.0. The maximum atomic E-state index is 8.85. The standard InChI is InChI=1S/C19H27N5.HI/c1-2-21-19(22-14-16-5-3-15(13-20)4-6-16)23-17-9-11-24(12-10-17)18-7-8-18;/h3-6,17-18H,2,7-12,14H2,1H3,(H2,21,22,23);1H. The number of nitriles is 1. The summed E-state index contributed by atoms with van der Waals surface area (Å²) in [6, 6.07) is 11.2. The molecule has 25 heavy (non-hydrogen) atoms. The van der Waals surface area contributed by atoms with Gasteiger partial charge in [-0.05, 0) is 50.3 Å². The van der Waals surface area contributed by atoms with E-state index >= 15 is 0 Å². The molecule has 6 heteroatoms. The number of nitrogens with zero attached hydrogens (tertiary/aromatic N) is 3. The Kier molecular flexibility index (Phi) is 7.97. The maximum Gasteiger partial charge on any atom is 0.191 e. The van der Waals surface area contributed by atoms with Gasteiger partial charge in [0.25, 0.3) is 0 Å². The van der Waals surface area contributed by atoms with E-state index in [9.17, 15) is 0 Å². The van der Waals surface area contributed by atoms with E-state index in [0.717, 1.165) is 24.1 Å². The predicted molar refractivity (Wildman–Crippen MR) is 112 cm³/mol. The number of likely N-dealkylation sites (tertiary alicyclic amines) is 1. The van der Waals surface area contributed by atoms with Gasteiger partial charge >= 0.3 is 0 Å². The Morgan fingerprint density at radius 3 is 2.44 bits per heavy atom. The molecule has 1 aromatic rings. The fourth-order valence-electron chi connectivity index (χ4n) is 3.22. The highest BCUT2D eigenvalue weighted by Crippen LogP contribution is 2.29. The Labute approximate surface area is 167 Å². The van der Waals surface area contributed by atoms with E-state index in [1.165, 1.54) is 38.8 Å². The first-order valence-corrected chi connectivity index (χ1v) is 9.06. The monoisotopic (exact) mass is 453 g/mol. The van der Waals surface area contributed by atoms with Gasteiger partial charge in [0.05, 0.1) is 18.2 Å². The van der Waals surface area contributed by atoms with Crippen LogP contribution in [0.1, 0.15) is 43.7 Å². The van der Waals surface area contributed by atoms with Crippen molar-refractivity contribution >= 4 is 29.9 Å². The minimum absolute atomic E-state index is 0. The van der Waals surface area contributed by atoms with Crippen molar-refractivity contribution in [2.75, 3.05) is 19.6 Å². The second kappa shape index (κ2) is 9.97. The molecule has 136 valence electrons. The van der Waals surface area contributed by atoms with Crippen LogP contribution in [0.5, 0.6) is 0 Å². The molecule has 0 aromatic heterocycles. The molecule has 1 aliphatic carbocycles. The van der Waals surface area contributed by atoms with Crippen LogP contribution < -0.4 is 10.6 Å². The van der Waals surface area contributed by atoms with Gasteiger partial charge < -0.3 is 15.5 Å². The summed E-state index contributed by atoms with van der Waals surface area (Å²) in [5.74, 6) is 0.895. The first-order chi connectivity index (χ1) is 11.8. The summed E-state index contributed by atoms with van der Waals surface area (Å²) in [5.41, 5.74) is 1.81. The summed E-state index contributed by atoms with van der Waals surface area (Å²) in [6.45, 7) is 5.99. The van der Waals surface area contributed by atoms with E-state index in [1.54, 1.807) is 0 Å². The van der Waals surface area contributed by atoms with E-state index in [0.29, 0.717) is 18.2 Å². The molecule has 2 aliphatic rings. The Morgan fingerprint density at radius 1 is 1.20 bits per heavy atom. The number of nitrogens with one attached hydrogen (secondary N) is 2. The molecule has 1 saturated heterocycles. The average Bonchev–Trinajstić information content (AvgIpc) is 3.46. The molecule has 0 spiro atoms. The molecule has 5 nitrogen and oxygen atoms in total. The van der Waals surface area contributed by atoms with Crippen LogP contribution in [0.15, 0.2) is 29.3 Å². The van der Waals surface area contributed by atoms with Crippen LogP contribution in [-0.2, 0) is 6.54 Å². The van der Waals surface area contributed by atoms with E-state index in [2.05, 4.69) is 28.5 Å². The van der Waals surface area contributed by atoms with Crippen LogP contribution in [0.3, 0.4) is 0 Å². The number of piperidine rings is 1. The first kappa shape index (κ1) is 20.0. The molecule has 0 unspecified atom stereocenters. The number of halogens is 1. The highest BCUT2D eigenvalue weighted by molar-refractivity contribution is 14.0. The Balaban J connectivity index is 0.00000225. The molecule has 1 aliphatic heterocycles. The Morgan fingerprint density at radius 2 is 1.88 bits per heavy atom. The molecule has 0 radical (unpaired) electrons. The molecule has 2 N–H and O–H groups in total. The van der Waals surface area contributed by atoms with Crippen molar-refractivity contribution in [3.63, 3.8) is 0 Å². The van der Waals surface area contributed by atoms with Crippen molar-refractivity contribution < 1.29 is 0 Å². The number of benzene rings is 1.